The molecule has 6 nitrogen and oxygen atoms in total. The van der Waals surface area contributed by atoms with Crippen molar-refractivity contribution in [3.8, 4) is 0 Å². The summed E-state index contributed by atoms with van der Waals surface area (Å²) in [7, 11) is 0. The Bertz CT molecular complexity index is 611. The van der Waals surface area contributed by atoms with Gasteiger partial charge in [0.05, 0.1) is 12.7 Å². The predicted molar refractivity (Wildman–Crippen MR) is 77.3 cm³/mol. The van der Waals surface area contributed by atoms with E-state index < -0.39 is 0 Å². The molecule has 2 aromatic rings. The number of nitrogens with zero attached hydrogens (tertiary/aromatic N) is 5. The van der Waals surface area contributed by atoms with Crippen molar-refractivity contribution < 1.29 is 4.39 Å². The van der Waals surface area contributed by atoms with E-state index in [0.29, 0.717) is 13.1 Å². The van der Waals surface area contributed by atoms with Crippen LogP contribution in [0.25, 0.3) is 0 Å². The van der Waals surface area contributed by atoms with E-state index in [1.165, 1.54) is 6.20 Å². The van der Waals surface area contributed by atoms with Gasteiger partial charge in [0.15, 0.2) is 5.82 Å². The van der Waals surface area contributed by atoms with Crippen LogP contribution in [-0.4, -0.2) is 32.8 Å². The topological polar surface area (TPSA) is 58.9 Å². The normalized spacial score (nSPS) is 14.3. The molecule has 3 heterocycles. The van der Waals surface area contributed by atoms with Gasteiger partial charge in [-0.3, -0.25) is 0 Å². The van der Waals surface area contributed by atoms with Gasteiger partial charge >= 0.3 is 0 Å². The number of anilines is 1. The highest BCUT2D eigenvalue weighted by atomic mass is 19.1. The molecule has 0 saturated heterocycles. The van der Waals surface area contributed by atoms with Crippen LogP contribution in [0.3, 0.4) is 0 Å². The van der Waals surface area contributed by atoms with Crippen molar-refractivity contribution in [1.29, 1.82) is 0 Å². The van der Waals surface area contributed by atoms with Crippen LogP contribution in [0.1, 0.15) is 24.7 Å². The van der Waals surface area contributed by atoms with Crippen molar-refractivity contribution in [2.45, 2.75) is 33.0 Å². The quantitative estimate of drug-likeness (QED) is 0.842. The lowest BCUT2D eigenvalue weighted by Gasteiger charge is -2.29. The van der Waals surface area contributed by atoms with Gasteiger partial charge in [-0.1, -0.05) is 6.92 Å². The molecule has 0 aromatic carbocycles. The van der Waals surface area contributed by atoms with Crippen LogP contribution in [0.15, 0.2) is 18.6 Å². The summed E-state index contributed by atoms with van der Waals surface area (Å²) in [5.41, 5.74) is 0.886. The highest BCUT2D eigenvalue weighted by Gasteiger charge is 2.21. The third-order valence-corrected chi connectivity index (χ3v) is 3.59. The molecule has 0 saturated carbocycles. The summed E-state index contributed by atoms with van der Waals surface area (Å²) < 4.78 is 15.5. The Labute approximate surface area is 123 Å². The summed E-state index contributed by atoms with van der Waals surface area (Å²) in [5.74, 6) is 1.45. The van der Waals surface area contributed by atoms with Gasteiger partial charge in [-0.2, -0.15) is 0 Å². The molecule has 3 rings (SSSR count). The Morgan fingerprint density at radius 3 is 3.14 bits per heavy atom. The molecular formula is C14H19FN6. The maximum atomic E-state index is 13.5. The SMILES string of the molecule is CCCNCc1cc(F)cnc1N1CCn2cnnc2C1. The van der Waals surface area contributed by atoms with E-state index in [9.17, 15) is 4.39 Å². The second kappa shape index (κ2) is 6.17. The number of fused-ring (bicyclic) bond motifs is 1. The first-order valence-electron chi connectivity index (χ1n) is 7.24. The number of halogens is 1. The van der Waals surface area contributed by atoms with Crippen LogP contribution in [0.2, 0.25) is 0 Å². The summed E-state index contributed by atoms with van der Waals surface area (Å²) in [4.78, 5) is 6.42. The molecule has 0 unspecified atom stereocenters. The fraction of sp³-hybridized carbons (Fsp3) is 0.500. The lowest BCUT2D eigenvalue weighted by atomic mass is 10.2. The summed E-state index contributed by atoms with van der Waals surface area (Å²) in [6.45, 7) is 5.93. The Kier molecular flexibility index (Phi) is 4.10. The number of aromatic nitrogens is 4. The molecule has 0 radical (unpaired) electrons. The minimum Gasteiger partial charge on any atom is -0.347 e. The van der Waals surface area contributed by atoms with Crippen molar-refractivity contribution in [2.24, 2.45) is 0 Å². The Morgan fingerprint density at radius 1 is 1.38 bits per heavy atom. The van der Waals surface area contributed by atoms with Crippen LogP contribution in [-0.2, 0) is 19.6 Å². The van der Waals surface area contributed by atoms with Gasteiger partial charge in [0, 0.05) is 25.2 Å². The lowest BCUT2D eigenvalue weighted by Crippen LogP contribution is -2.35. The standard InChI is InChI=1S/C14H19FN6/c1-2-3-16-7-11-6-12(15)8-17-14(11)20-4-5-21-10-18-19-13(21)9-20/h6,8,10,16H,2-5,7,9H2,1H3. The van der Waals surface area contributed by atoms with Gasteiger partial charge in [0.25, 0.3) is 0 Å². The van der Waals surface area contributed by atoms with E-state index in [-0.39, 0.29) is 5.82 Å². The molecule has 2 aromatic heterocycles. The summed E-state index contributed by atoms with van der Waals surface area (Å²) in [6.07, 6.45) is 4.07. The van der Waals surface area contributed by atoms with Crippen LogP contribution in [0.5, 0.6) is 0 Å². The van der Waals surface area contributed by atoms with Gasteiger partial charge in [-0.05, 0) is 19.0 Å². The van der Waals surface area contributed by atoms with Crippen molar-refractivity contribution in [3.63, 3.8) is 0 Å². The number of pyridine rings is 1. The van der Waals surface area contributed by atoms with Gasteiger partial charge in [0.1, 0.15) is 18.0 Å². The van der Waals surface area contributed by atoms with E-state index in [0.717, 1.165) is 43.3 Å². The van der Waals surface area contributed by atoms with Crippen molar-refractivity contribution in [1.82, 2.24) is 25.1 Å². The molecule has 1 N–H and O–H groups in total. The van der Waals surface area contributed by atoms with Gasteiger partial charge in [-0.25, -0.2) is 9.37 Å². The largest absolute Gasteiger partial charge is 0.347 e. The van der Waals surface area contributed by atoms with Crippen LogP contribution in [0, 0.1) is 5.82 Å². The van der Waals surface area contributed by atoms with E-state index in [4.69, 9.17) is 0 Å². The third kappa shape index (κ3) is 3.02. The zero-order valence-electron chi connectivity index (χ0n) is 12.1. The molecule has 0 bridgehead atoms. The second-order valence-corrected chi connectivity index (χ2v) is 5.18. The van der Waals surface area contributed by atoms with Crippen molar-refractivity contribution in [2.75, 3.05) is 18.0 Å². The monoisotopic (exact) mass is 290 g/mol. The second-order valence-electron chi connectivity index (χ2n) is 5.18. The Balaban J connectivity index is 1.81. The van der Waals surface area contributed by atoms with Crippen molar-refractivity contribution in [3.05, 3.63) is 35.8 Å². The van der Waals surface area contributed by atoms with Gasteiger partial charge in [-0.15, -0.1) is 10.2 Å². The maximum Gasteiger partial charge on any atom is 0.152 e. The first kappa shape index (κ1) is 13.9. The third-order valence-electron chi connectivity index (χ3n) is 3.59. The minimum absolute atomic E-state index is 0.299. The van der Waals surface area contributed by atoms with Crippen molar-refractivity contribution >= 4 is 5.82 Å². The fourth-order valence-corrected chi connectivity index (χ4v) is 2.54. The molecule has 112 valence electrons. The zero-order chi connectivity index (χ0) is 14.7. The number of hydrogen-bond acceptors (Lipinski definition) is 5. The van der Waals surface area contributed by atoms with E-state index in [1.807, 2.05) is 4.57 Å². The molecule has 1 aliphatic rings. The molecule has 0 aliphatic carbocycles. The van der Waals surface area contributed by atoms with Gasteiger partial charge in [0.2, 0.25) is 0 Å². The molecule has 7 heteroatoms. The molecule has 1 aliphatic heterocycles. The highest BCUT2D eigenvalue weighted by Crippen LogP contribution is 2.22. The highest BCUT2D eigenvalue weighted by molar-refractivity contribution is 5.47. The van der Waals surface area contributed by atoms with E-state index in [1.54, 1.807) is 12.4 Å². The smallest absolute Gasteiger partial charge is 0.152 e. The number of hydrogen-bond donors (Lipinski definition) is 1. The fourth-order valence-electron chi connectivity index (χ4n) is 2.54. The molecular weight excluding hydrogens is 271 g/mol. The van der Waals surface area contributed by atoms with E-state index >= 15 is 0 Å². The average Bonchev–Trinajstić information content (AvgIpc) is 2.95. The molecule has 0 spiro atoms. The molecule has 0 atom stereocenters. The van der Waals surface area contributed by atoms with Crippen LogP contribution in [0.4, 0.5) is 10.2 Å². The number of rotatable bonds is 5. The summed E-state index contributed by atoms with van der Waals surface area (Å²) in [6, 6.07) is 1.56. The summed E-state index contributed by atoms with van der Waals surface area (Å²) >= 11 is 0. The average molecular weight is 290 g/mol. The lowest BCUT2D eigenvalue weighted by molar-refractivity contribution is 0.549. The summed E-state index contributed by atoms with van der Waals surface area (Å²) in [5, 5.41) is 11.3. The minimum atomic E-state index is -0.299. The van der Waals surface area contributed by atoms with Crippen LogP contribution >= 0.6 is 0 Å². The predicted octanol–water partition coefficient (Wildman–Crippen LogP) is 1.33. The first-order valence-corrected chi connectivity index (χ1v) is 7.24. The first-order chi connectivity index (χ1) is 10.3. The zero-order valence-corrected chi connectivity index (χ0v) is 12.1. The van der Waals surface area contributed by atoms with E-state index in [2.05, 4.69) is 32.3 Å². The molecule has 0 amide bonds. The van der Waals surface area contributed by atoms with Gasteiger partial charge < -0.3 is 14.8 Å². The number of nitrogens with one attached hydrogen (secondary N) is 1. The Hall–Kier alpha value is -2.02. The molecule has 21 heavy (non-hydrogen) atoms. The Morgan fingerprint density at radius 2 is 2.29 bits per heavy atom. The van der Waals surface area contributed by atoms with Crippen LogP contribution < -0.4 is 10.2 Å². The molecule has 0 fully saturated rings. The maximum absolute atomic E-state index is 13.5.